The molecule has 144 valence electrons. The molecule has 0 aromatic rings. The van der Waals surface area contributed by atoms with Crippen LogP contribution in [0.1, 0.15) is 59.3 Å². The highest BCUT2D eigenvalue weighted by atomic mass is 16.4. The summed E-state index contributed by atoms with van der Waals surface area (Å²) in [5.41, 5.74) is 0. The number of rotatable bonds is 14. The molecule has 0 bridgehead atoms. The summed E-state index contributed by atoms with van der Waals surface area (Å²) >= 11 is 0. The van der Waals surface area contributed by atoms with E-state index in [1.807, 2.05) is 13.8 Å². The maximum Gasteiger partial charge on any atom is 0.303 e. The summed E-state index contributed by atoms with van der Waals surface area (Å²) < 4.78 is 0. The van der Waals surface area contributed by atoms with E-state index in [0.717, 1.165) is 0 Å². The Morgan fingerprint density at radius 3 is 2.24 bits per heavy atom. The summed E-state index contributed by atoms with van der Waals surface area (Å²) in [7, 11) is 0. The average Bonchev–Trinajstić information content (AvgIpc) is 2.55. The number of aliphatic carboxylic acids is 1. The minimum atomic E-state index is -1.00. The van der Waals surface area contributed by atoms with Crippen molar-refractivity contribution in [3.63, 3.8) is 0 Å². The van der Waals surface area contributed by atoms with Crippen molar-refractivity contribution in [1.82, 2.24) is 16.0 Å². The van der Waals surface area contributed by atoms with Crippen molar-refractivity contribution in [1.29, 1.82) is 0 Å². The normalized spacial score (nSPS) is 11.8. The van der Waals surface area contributed by atoms with Gasteiger partial charge in [0.15, 0.2) is 5.78 Å². The number of hydrogen-bond donors (Lipinski definition) is 4. The second-order valence-electron chi connectivity index (χ2n) is 6.22. The summed E-state index contributed by atoms with van der Waals surface area (Å²) in [6, 6.07) is -0.315. The third kappa shape index (κ3) is 13.1. The molecule has 0 heterocycles. The van der Waals surface area contributed by atoms with Crippen LogP contribution in [-0.2, 0) is 19.2 Å². The van der Waals surface area contributed by atoms with Crippen molar-refractivity contribution >= 4 is 23.6 Å². The van der Waals surface area contributed by atoms with E-state index in [-0.39, 0.29) is 43.0 Å². The SMILES string of the molecule is CCC(=O)[C@H](CCCCNC(=O)CCC(=O)O)NC(=O)CNC(C)C. The number of carboxylic acids is 1. The Morgan fingerprint density at radius 1 is 1.00 bits per heavy atom. The second kappa shape index (κ2) is 13.3. The highest BCUT2D eigenvalue weighted by Crippen LogP contribution is 2.04. The van der Waals surface area contributed by atoms with Crippen LogP contribution in [-0.4, -0.2) is 53.8 Å². The monoisotopic (exact) mass is 357 g/mol. The van der Waals surface area contributed by atoms with E-state index in [0.29, 0.717) is 32.2 Å². The van der Waals surface area contributed by atoms with Gasteiger partial charge in [-0.2, -0.15) is 0 Å². The van der Waals surface area contributed by atoms with Gasteiger partial charge in [0.1, 0.15) is 0 Å². The van der Waals surface area contributed by atoms with E-state index in [4.69, 9.17) is 5.11 Å². The number of unbranched alkanes of at least 4 members (excludes halogenated alkanes) is 1. The maximum atomic E-state index is 11.9. The van der Waals surface area contributed by atoms with Crippen LogP contribution in [0.4, 0.5) is 0 Å². The van der Waals surface area contributed by atoms with Crippen LogP contribution in [0.3, 0.4) is 0 Å². The third-order valence-electron chi connectivity index (χ3n) is 3.55. The van der Waals surface area contributed by atoms with E-state index < -0.39 is 12.0 Å². The Bertz CT molecular complexity index is 452. The van der Waals surface area contributed by atoms with Crippen molar-refractivity contribution in [2.45, 2.75) is 71.4 Å². The fraction of sp³-hybridized carbons (Fsp3) is 0.765. The standard InChI is InChI=1S/C17H31N3O5/c1-4-14(21)13(20-16(23)11-19-12(2)3)7-5-6-10-18-15(22)8-9-17(24)25/h12-13,19H,4-11H2,1-3H3,(H,18,22)(H,20,23)(H,24,25)/t13-/m0/s1. The second-order valence-corrected chi connectivity index (χ2v) is 6.22. The first-order chi connectivity index (χ1) is 11.8. The fourth-order valence-electron chi connectivity index (χ4n) is 2.11. The number of ketones is 1. The smallest absolute Gasteiger partial charge is 0.303 e. The lowest BCUT2D eigenvalue weighted by atomic mass is 10.0. The molecular formula is C17H31N3O5. The first-order valence-corrected chi connectivity index (χ1v) is 8.80. The Balaban J connectivity index is 4.08. The van der Waals surface area contributed by atoms with Crippen LogP contribution in [0.15, 0.2) is 0 Å². The van der Waals surface area contributed by atoms with Crippen molar-refractivity contribution < 1.29 is 24.3 Å². The average molecular weight is 357 g/mol. The van der Waals surface area contributed by atoms with Gasteiger partial charge in [0.2, 0.25) is 11.8 Å². The molecule has 0 spiro atoms. The van der Waals surface area contributed by atoms with Crippen LogP contribution in [0.2, 0.25) is 0 Å². The Morgan fingerprint density at radius 2 is 1.68 bits per heavy atom. The van der Waals surface area contributed by atoms with E-state index >= 15 is 0 Å². The number of carboxylic acid groups (broad SMARTS) is 1. The molecule has 0 aromatic heterocycles. The molecule has 1 atom stereocenters. The molecule has 0 fully saturated rings. The molecule has 0 rings (SSSR count). The summed E-state index contributed by atoms with van der Waals surface area (Å²) in [5.74, 6) is -1.51. The van der Waals surface area contributed by atoms with E-state index in [1.54, 1.807) is 6.92 Å². The topological polar surface area (TPSA) is 125 Å². The van der Waals surface area contributed by atoms with Crippen LogP contribution < -0.4 is 16.0 Å². The largest absolute Gasteiger partial charge is 0.481 e. The summed E-state index contributed by atoms with van der Waals surface area (Å²) in [6.07, 6.45) is 1.99. The number of carbonyl (C=O) groups excluding carboxylic acids is 3. The zero-order valence-electron chi connectivity index (χ0n) is 15.4. The first kappa shape index (κ1) is 23.0. The summed E-state index contributed by atoms with van der Waals surface area (Å²) in [5, 5.41) is 16.9. The van der Waals surface area contributed by atoms with Gasteiger partial charge in [0.05, 0.1) is 19.0 Å². The highest BCUT2D eigenvalue weighted by molar-refractivity contribution is 5.89. The molecule has 2 amide bonds. The number of carbonyl (C=O) groups is 4. The number of hydrogen-bond acceptors (Lipinski definition) is 5. The lowest BCUT2D eigenvalue weighted by molar-refractivity contribution is -0.138. The fourth-order valence-corrected chi connectivity index (χ4v) is 2.11. The molecule has 0 aliphatic carbocycles. The van der Waals surface area contributed by atoms with Gasteiger partial charge in [-0.3, -0.25) is 19.2 Å². The van der Waals surface area contributed by atoms with Gasteiger partial charge >= 0.3 is 5.97 Å². The number of amides is 2. The van der Waals surface area contributed by atoms with Gasteiger partial charge in [-0.15, -0.1) is 0 Å². The lowest BCUT2D eigenvalue weighted by Crippen LogP contribution is -2.45. The summed E-state index contributed by atoms with van der Waals surface area (Å²) in [4.78, 5) is 45.5. The van der Waals surface area contributed by atoms with Gasteiger partial charge < -0.3 is 21.1 Å². The Kier molecular flexibility index (Phi) is 12.3. The van der Waals surface area contributed by atoms with Crippen LogP contribution >= 0.6 is 0 Å². The molecule has 25 heavy (non-hydrogen) atoms. The quantitative estimate of drug-likeness (QED) is 0.337. The van der Waals surface area contributed by atoms with Crippen LogP contribution in [0.25, 0.3) is 0 Å². The van der Waals surface area contributed by atoms with Gasteiger partial charge in [0, 0.05) is 25.4 Å². The predicted octanol–water partition coefficient (Wildman–Crippen LogP) is 0.600. The zero-order valence-corrected chi connectivity index (χ0v) is 15.4. The molecule has 0 unspecified atom stereocenters. The molecule has 0 aromatic carbocycles. The first-order valence-electron chi connectivity index (χ1n) is 8.80. The molecule has 0 aliphatic rings. The number of Topliss-reactive ketones (excluding diaryl/α,β-unsaturated/α-hetero) is 1. The van der Waals surface area contributed by atoms with Crippen molar-refractivity contribution in [2.24, 2.45) is 0 Å². The number of nitrogens with one attached hydrogen (secondary N) is 3. The van der Waals surface area contributed by atoms with Crippen LogP contribution in [0.5, 0.6) is 0 Å². The van der Waals surface area contributed by atoms with Gasteiger partial charge in [-0.1, -0.05) is 20.8 Å². The van der Waals surface area contributed by atoms with E-state index in [9.17, 15) is 19.2 Å². The molecule has 4 N–H and O–H groups in total. The minimum Gasteiger partial charge on any atom is -0.481 e. The summed E-state index contributed by atoms with van der Waals surface area (Å²) in [6.45, 7) is 6.23. The predicted molar refractivity (Wildman–Crippen MR) is 94.1 cm³/mol. The van der Waals surface area contributed by atoms with Crippen LogP contribution in [0, 0.1) is 0 Å². The molecule has 8 heteroatoms. The molecule has 8 nitrogen and oxygen atoms in total. The minimum absolute atomic E-state index is 0.0107. The van der Waals surface area contributed by atoms with Crippen molar-refractivity contribution in [3.05, 3.63) is 0 Å². The van der Waals surface area contributed by atoms with E-state index in [2.05, 4.69) is 16.0 Å². The van der Waals surface area contributed by atoms with Crippen molar-refractivity contribution in [2.75, 3.05) is 13.1 Å². The third-order valence-corrected chi connectivity index (χ3v) is 3.55. The molecule has 0 radical (unpaired) electrons. The van der Waals surface area contributed by atoms with Crippen molar-refractivity contribution in [3.8, 4) is 0 Å². The van der Waals surface area contributed by atoms with Gasteiger partial charge in [0.25, 0.3) is 0 Å². The Labute approximate surface area is 149 Å². The van der Waals surface area contributed by atoms with Gasteiger partial charge in [-0.25, -0.2) is 0 Å². The molecule has 0 aliphatic heterocycles. The highest BCUT2D eigenvalue weighted by Gasteiger charge is 2.18. The lowest BCUT2D eigenvalue weighted by Gasteiger charge is -2.18. The Hall–Kier alpha value is -1.96. The zero-order chi connectivity index (χ0) is 19.2. The maximum absolute atomic E-state index is 11.9. The van der Waals surface area contributed by atoms with E-state index in [1.165, 1.54) is 0 Å². The molecule has 0 saturated carbocycles. The molecular weight excluding hydrogens is 326 g/mol. The van der Waals surface area contributed by atoms with Gasteiger partial charge in [-0.05, 0) is 19.3 Å². The molecule has 0 saturated heterocycles.